The quantitative estimate of drug-likeness (QED) is 0.257. The van der Waals surface area contributed by atoms with Crippen molar-refractivity contribution in [1.29, 1.82) is 0 Å². The molecule has 4 aromatic rings. The van der Waals surface area contributed by atoms with E-state index >= 15 is 0 Å². The van der Waals surface area contributed by atoms with E-state index in [0.29, 0.717) is 45.1 Å². The van der Waals surface area contributed by atoms with Crippen LogP contribution in [-0.4, -0.2) is 35.7 Å². The van der Waals surface area contributed by atoms with Gasteiger partial charge in [0.25, 0.3) is 5.56 Å². The Morgan fingerprint density at radius 2 is 1.88 bits per heavy atom. The number of aromatic nitrogens is 2. The van der Waals surface area contributed by atoms with Gasteiger partial charge in [-0.15, -0.1) is 0 Å². The van der Waals surface area contributed by atoms with Crippen molar-refractivity contribution < 1.29 is 23.7 Å². The summed E-state index contributed by atoms with van der Waals surface area (Å²) < 4.78 is 22.7. The smallest absolute Gasteiger partial charge is 0.343 e. The number of hydrogen-bond donors (Lipinski definition) is 0. The van der Waals surface area contributed by atoms with Gasteiger partial charge in [-0.05, 0) is 61.0 Å². The largest absolute Gasteiger partial charge is 0.493 e. The SMILES string of the molecule is COc1cc(/C=N/n2c(C)nc3ccccc3c2=O)ccc1OC(=O)c1ccc2c(c1)OCO2. The number of fused-ring (bicyclic) bond motifs is 2. The number of benzene rings is 3. The summed E-state index contributed by atoms with van der Waals surface area (Å²) in [7, 11) is 1.47. The van der Waals surface area contributed by atoms with E-state index in [1.54, 1.807) is 61.5 Å². The third-order valence-corrected chi connectivity index (χ3v) is 5.24. The molecule has 170 valence electrons. The second-order valence-electron chi connectivity index (χ2n) is 7.41. The number of rotatable bonds is 5. The van der Waals surface area contributed by atoms with Crippen molar-refractivity contribution in [1.82, 2.24) is 9.66 Å². The number of carbonyl (C=O) groups is 1. The standard InChI is InChI=1S/C25H19N3O6/c1-15-27-19-6-4-3-5-18(19)24(29)28(15)26-13-16-7-9-21(22(11-16)31-2)34-25(30)17-8-10-20-23(12-17)33-14-32-20/h3-13H,14H2,1-2H3/b26-13+. The molecule has 1 aliphatic rings. The van der Waals surface area contributed by atoms with Gasteiger partial charge in [-0.3, -0.25) is 4.79 Å². The van der Waals surface area contributed by atoms with Gasteiger partial charge in [0.2, 0.25) is 6.79 Å². The van der Waals surface area contributed by atoms with Crippen molar-refractivity contribution in [2.24, 2.45) is 5.10 Å². The predicted octanol–water partition coefficient (Wildman–Crippen LogP) is 3.54. The molecule has 3 aromatic carbocycles. The van der Waals surface area contributed by atoms with Gasteiger partial charge < -0.3 is 18.9 Å². The van der Waals surface area contributed by atoms with E-state index < -0.39 is 5.97 Å². The van der Waals surface area contributed by atoms with E-state index in [0.717, 1.165) is 0 Å². The Kier molecular flexibility index (Phi) is 5.43. The third-order valence-electron chi connectivity index (χ3n) is 5.24. The highest BCUT2D eigenvalue weighted by molar-refractivity contribution is 5.92. The fourth-order valence-electron chi connectivity index (χ4n) is 3.53. The molecule has 9 heteroatoms. The van der Waals surface area contributed by atoms with Gasteiger partial charge in [-0.2, -0.15) is 9.78 Å². The van der Waals surface area contributed by atoms with Crippen molar-refractivity contribution in [2.75, 3.05) is 13.9 Å². The number of hydrogen-bond acceptors (Lipinski definition) is 8. The van der Waals surface area contributed by atoms with Crippen LogP contribution in [0.3, 0.4) is 0 Å². The summed E-state index contributed by atoms with van der Waals surface area (Å²) in [6.45, 7) is 1.83. The molecule has 0 bridgehead atoms. The Morgan fingerprint density at radius 1 is 1.06 bits per heavy atom. The second-order valence-corrected chi connectivity index (χ2v) is 7.41. The number of esters is 1. The predicted molar refractivity (Wildman–Crippen MR) is 124 cm³/mol. The maximum atomic E-state index is 12.8. The first kappa shape index (κ1) is 21.2. The lowest BCUT2D eigenvalue weighted by atomic mass is 10.2. The minimum Gasteiger partial charge on any atom is -0.493 e. The number of aryl methyl sites for hydroxylation is 1. The summed E-state index contributed by atoms with van der Waals surface area (Å²) in [4.78, 5) is 29.8. The van der Waals surface area contributed by atoms with E-state index in [-0.39, 0.29) is 18.1 Å². The molecule has 0 amide bonds. The van der Waals surface area contributed by atoms with Gasteiger partial charge >= 0.3 is 5.97 Å². The van der Waals surface area contributed by atoms with Crippen LogP contribution in [0.5, 0.6) is 23.0 Å². The van der Waals surface area contributed by atoms with Crippen LogP contribution in [0.25, 0.3) is 10.9 Å². The maximum absolute atomic E-state index is 12.8. The molecule has 0 atom stereocenters. The Balaban J connectivity index is 1.39. The van der Waals surface area contributed by atoms with Crippen molar-refractivity contribution in [3.63, 3.8) is 0 Å². The molecule has 0 radical (unpaired) electrons. The van der Waals surface area contributed by atoms with Gasteiger partial charge in [0.1, 0.15) is 5.82 Å². The molecule has 9 nitrogen and oxygen atoms in total. The molecule has 0 saturated heterocycles. The van der Waals surface area contributed by atoms with E-state index in [1.807, 2.05) is 6.07 Å². The molecule has 34 heavy (non-hydrogen) atoms. The molecule has 0 spiro atoms. The van der Waals surface area contributed by atoms with E-state index in [2.05, 4.69) is 10.1 Å². The summed E-state index contributed by atoms with van der Waals surface area (Å²) in [6, 6.07) is 16.9. The van der Waals surface area contributed by atoms with Crippen LogP contribution in [0.1, 0.15) is 21.7 Å². The van der Waals surface area contributed by atoms with Gasteiger partial charge in [-0.1, -0.05) is 12.1 Å². The monoisotopic (exact) mass is 457 g/mol. The van der Waals surface area contributed by atoms with Gasteiger partial charge in [0, 0.05) is 0 Å². The van der Waals surface area contributed by atoms with Crippen LogP contribution in [0.15, 0.2) is 70.6 Å². The Hall–Kier alpha value is -4.66. The van der Waals surface area contributed by atoms with Gasteiger partial charge in [0.15, 0.2) is 23.0 Å². The first-order chi connectivity index (χ1) is 16.5. The van der Waals surface area contributed by atoms with Crippen molar-refractivity contribution in [3.05, 3.63) is 88.0 Å². The lowest BCUT2D eigenvalue weighted by Crippen LogP contribution is -2.20. The fourth-order valence-corrected chi connectivity index (χ4v) is 3.53. The number of para-hydroxylation sites is 1. The highest BCUT2D eigenvalue weighted by Gasteiger charge is 2.18. The number of methoxy groups -OCH3 is 1. The molecular weight excluding hydrogens is 438 g/mol. The molecule has 5 rings (SSSR count). The minimum atomic E-state index is -0.567. The molecule has 1 aromatic heterocycles. The number of ether oxygens (including phenoxy) is 4. The van der Waals surface area contributed by atoms with Crippen LogP contribution >= 0.6 is 0 Å². The van der Waals surface area contributed by atoms with Gasteiger partial charge in [-0.25, -0.2) is 9.78 Å². The molecule has 2 heterocycles. The van der Waals surface area contributed by atoms with Crippen molar-refractivity contribution in [2.45, 2.75) is 6.92 Å². The topological polar surface area (TPSA) is 101 Å². The normalized spacial score (nSPS) is 12.3. The first-order valence-electron chi connectivity index (χ1n) is 10.4. The van der Waals surface area contributed by atoms with Crippen LogP contribution in [-0.2, 0) is 0 Å². The zero-order chi connectivity index (χ0) is 23.7. The summed E-state index contributed by atoms with van der Waals surface area (Å²) in [6.07, 6.45) is 1.51. The lowest BCUT2D eigenvalue weighted by Gasteiger charge is -2.10. The minimum absolute atomic E-state index is 0.117. The van der Waals surface area contributed by atoms with E-state index in [4.69, 9.17) is 18.9 Å². The van der Waals surface area contributed by atoms with Crippen LogP contribution in [0.4, 0.5) is 0 Å². The van der Waals surface area contributed by atoms with E-state index in [1.165, 1.54) is 18.0 Å². The van der Waals surface area contributed by atoms with Crippen LogP contribution in [0, 0.1) is 6.92 Å². The lowest BCUT2D eigenvalue weighted by molar-refractivity contribution is 0.0729. The zero-order valence-electron chi connectivity index (χ0n) is 18.3. The molecule has 0 aliphatic carbocycles. The first-order valence-corrected chi connectivity index (χ1v) is 10.4. The molecule has 0 saturated carbocycles. The van der Waals surface area contributed by atoms with Crippen molar-refractivity contribution in [3.8, 4) is 23.0 Å². The van der Waals surface area contributed by atoms with Crippen LogP contribution in [0.2, 0.25) is 0 Å². The maximum Gasteiger partial charge on any atom is 0.343 e. The highest BCUT2D eigenvalue weighted by Crippen LogP contribution is 2.33. The second kappa shape index (κ2) is 8.70. The summed E-state index contributed by atoms with van der Waals surface area (Å²) in [5.41, 5.74) is 1.31. The average Bonchev–Trinajstić information content (AvgIpc) is 3.32. The van der Waals surface area contributed by atoms with Gasteiger partial charge in [0.05, 0.1) is 29.8 Å². The van der Waals surface area contributed by atoms with E-state index in [9.17, 15) is 9.59 Å². The average molecular weight is 457 g/mol. The summed E-state index contributed by atoms with van der Waals surface area (Å²) >= 11 is 0. The number of nitrogens with zero attached hydrogens (tertiary/aromatic N) is 3. The Labute approximate surface area is 193 Å². The molecular formula is C25H19N3O6. The molecule has 1 aliphatic heterocycles. The molecule has 0 fully saturated rings. The summed E-state index contributed by atoms with van der Waals surface area (Å²) in [5.74, 6) is 1.53. The summed E-state index contributed by atoms with van der Waals surface area (Å²) in [5, 5.41) is 4.78. The molecule has 0 N–H and O–H groups in total. The third kappa shape index (κ3) is 3.95. The molecule has 0 unspecified atom stereocenters. The zero-order valence-corrected chi connectivity index (χ0v) is 18.3. The van der Waals surface area contributed by atoms with Crippen molar-refractivity contribution >= 4 is 23.1 Å². The number of carbonyl (C=O) groups excluding carboxylic acids is 1. The van der Waals surface area contributed by atoms with Crippen LogP contribution < -0.4 is 24.5 Å². The Bertz CT molecular complexity index is 1510. The Morgan fingerprint density at radius 3 is 2.74 bits per heavy atom. The fraction of sp³-hybridized carbons (Fsp3) is 0.120. The highest BCUT2D eigenvalue weighted by atomic mass is 16.7.